The van der Waals surface area contributed by atoms with Crippen LogP contribution in [-0.2, 0) is 17.8 Å². The number of nitrogens with zero attached hydrogens (tertiary/aromatic N) is 2. The van der Waals surface area contributed by atoms with Gasteiger partial charge in [-0.25, -0.2) is 4.98 Å². The first-order valence-electron chi connectivity index (χ1n) is 6.51. The monoisotopic (exact) mass is 239 g/mol. The Morgan fingerprint density at radius 3 is 3.00 bits per heavy atom. The van der Waals surface area contributed by atoms with Crippen LogP contribution in [0.2, 0.25) is 0 Å². The van der Waals surface area contributed by atoms with Crippen molar-refractivity contribution in [3.63, 3.8) is 0 Å². The van der Waals surface area contributed by atoms with Gasteiger partial charge in [0.15, 0.2) is 0 Å². The van der Waals surface area contributed by atoms with Gasteiger partial charge in [0.05, 0.1) is 12.0 Å². The van der Waals surface area contributed by atoms with Crippen LogP contribution in [0, 0.1) is 5.92 Å². The Hall–Kier alpha value is -0.870. The highest BCUT2D eigenvalue weighted by atomic mass is 16.5. The molecule has 1 aromatic rings. The van der Waals surface area contributed by atoms with E-state index in [0.717, 1.165) is 39.3 Å². The maximum absolute atomic E-state index is 5.57. The van der Waals surface area contributed by atoms with E-state index in [-0.39, 0.29) is 0 Å². The van der Waals surface area contributed by atoms with Crippen molar-refractivity contribution in [3.05, 3.63) is 18.2 Å². The molecule has 0 spiro atoms. The van der Waals surface area contributed by atoms with Crippen LogP contribution in [0.5, 0.6) is 0 Å². The molecule has 4 nitrogen and oxygen atoms in total. The number of aromatic nitrogens is 2. The van der Waals surface area contributed by atoms with Crippen LogP contribution in [0.15, 0.2) is 12.5 Å². The normalized spacial score (nSPS) is 11.3. The predicted octanol–water partition coefficient (Wildman–Crippen LogP) is 2.06. The quantitative estimate of drug-likeness (QED) is 0.670. The van der Waals surface area contributed by atoms with Gasteiger partial charge < -0.3 is 14.6 Å². The average Bonchev–Trinajstić information content (AvgIpc) is 2.73. The number of nitrogens with one attached hydrogen (secondary N) is 1. The summed E-state index contributed by atoms with van der Waals surface area (Å²) in [5.41, 5.74) is 1.25. The van der Waals surface area contributed by atoms with E-state index in [2.05, 4.69) is 35.6 Å². The zero-order valence-corrected chi connectivity index (χ0v) is 11.3. The Balaban J connectivity index is 2.19. The lowest BCUT2D eigenvalue weighted by atomic mass is 10.2. The molecule has 0 unspecified atom stereocenters. The Morgan fingerprint density at radius 2 is 2.29 bits per heavy atom. The lowest BCUT2D eigenvalue weighted by Gasteiger charge is -2.09. The van der Waals surface area contributed by atoms with Crippen molar-refractivity contribution in [2.24, 2.45) is 5.92 Å². The summed E-state index contributed by atoms with van der Waals surface area (Å²) < 4.78 is 7.76. The highest BCUT2D eigenvalue weighted by molar-refractivity contribution is 4.97. The van der Waals surface area contributed by atoms with Gasteiger partial charge in [-0.3, -0.25) is 0 Å². The summed E-state index contributed by atoms with van der Waals surface area (Å²) in [6.07, 6.45) is 4.87. The summed E-state index contributed by atoms with van der Waals surface area (Å²) in [4.78, 5) is 4.18. The average molecular weight is 239 g/mol. The summed E-state index contributed by atoms with van der Waals surface area (Å²) in [6.45, 7) is 11.0. The van der Waals surface area contributed by atoms with E-state index >= 15 is 0 Å². The first-order valence-corrected chi connectivity index (χ1v) is 6.51. The lowest BCUT2D eigenvalue weighted by molar-refractivity contribution is 0.105. The van der Waals surface area contributed by atoms with Crippen molar-refractivity contribution >= 4 is 0 Å². The van der Waals surface area contributed by atoms with Crippen LogP contribution in [0.1, 0.15) is 32.9 Å². The molecule has 0 aromatic carbocycles. The number of imidazole rings is 1. The fourth-order valence-corrected chi connectivity index (χ4v) is 1.61. The molecule has 0 fully saturated rings. The molecule has 0 atom stereocenters. The van der Waals surface area contributed by atoms with E-state index in [1.54, 1.807) is 0 Å². The van der Waals surface area contributed by atoms with Gasteiger partial charge in [0, 0.05) is 32.5 Å². The Bertz CT molecular complexity index is 297. The molecule has 0 aliphatic heterocycles. The van der Waals surface area contributed by atoms with Crippen LogP contribution in [-0.4, -0.2) is 29.3 Å². The largest absolute Gasteiger partial charge is 0.381 e. The van der Waals surface area contributed by atoms with Crippen molar-refractivity contribution in [3.8, 4) is 0 Å². The van der Waals surface area contributed by atoms with Crippen LogP contribution >= 0.6 is 0 Å². The number of aryl methyl sites for hydroxylation is 1. The first-order chi connectivity index (χ1) is 8.24. The minimum atomic E-state index is 0.618. The number of hydrogen-bond acceptors (Lipinski definition) is 3. The molecular formula is C13H25N3O. The molecule has 1 rings (SSSR count). The van der Waals surface area contributed by atoms with Gasteiger partial charge in [-0.2, -0.15) is 0 Å². The minimum absolute atomic E-state index is 0.618. The van der Waals surface area contributed by atoms with Gasteiger partial charge in [-0.05, 0) is 18.9 Å². The molecule has 0 amide bonds. The minimum Gasteiger partial charge on any atom is -0.381 e. The number of hydrogen-bond donors (Lipinski definition) is 1. The zero-order chi connectivity index (χ0) is 12.5. The molecule has 0 bridgehead atoms. The Kier molecular flexibility index (Phi) is 6.89. The zero-order valence-electron chi connectivity index (χ0n) is 11.3. The second-order valence-corrected chi connectivity index (χ2v) is 4.68. The predicted molar refractivity (Wildman–Crippen MR) is 69.9 cm³/mol. The van der Waals surface area contributed by atoms with E-state index in [9.17, 15) is 0 Å². The van der Waals surface area contributed by atoms with Crippen LogP contribution in [0.4, 0.5) is 0 Å². The van der Waals surface area contributed by atoms with Crippen molar-refractivity contribution in [1.29, 1.82) is 0 Å². The summed E-state index contributed by atoms with van der Waals surface area (Å²) >= 11 is 0. The highest BCUT2D eigenvalue weighted by Gasteiger charge is 2.01. The third kappa shape index (κ3) is 5.84. The molecular weight excluding hydrogens is 214 g/mol. The van der Waals surface area contributed by atoms with Crippen molar-refractivity contribution in [2.45, 2.75) is 40.3 Å². The molecule has 17 heavy (non-hydrogen) atoms. The van der Waals surface area contributed by atoms with E-state index in [1.807, 2.05) is 12.5 Å². The Morgan fingerprint density at radius 1 is 1.47 bits per heavy atom. The van der Waals surface area contributed by atoms with Crippen LogP contribution in [0.3, 0.4) is 0 Å². The van der Waals surface area contributed by atoms with Gasteiger partial charge >= 0.3 is 0 Å². The van der Waals surface area contributed by atoms with Gasteiger partial charge in [0.2, 0.25) is 0 Å². The van der Waals surface area contributed by atoms with Crippen molar-refractivity contribution in [2.75, 3.05) is 19.8 Å². The van der Waals surface area contributed by atoms with Gasteiger partial charge in [-0.1, -0.05) is 20.8 Å². The van der Waals surface area contributed by atoms with Gasteiger partial charge in [0.1, 0.15) is 0 Å². The molecule has 98 valence electrons. The molecule has 0 aliphatic rings. The summed E-state index contributed by atoms with van der Waals surface area (Å²) in [5, 5.41) is 3.32. The fourth-order valence-electron chi connectivity index (χ4n) is 1.61. The lowest BCUT2D eigenvalue weighted by Crippen LogP contribution is -2.15. The molecule has 1 heterocycles. The molecule has 4 heteroatoms. The highest BCUT2D eigenvalue weighted by Crippen LogP contribution is 2.01. The smallest absolute Gasteiger partial charge is 0.0948 e. The van der Waals surface area contributed by atoms with E-state index < -0.39 is 0 Å². The molecule has 0 aliphatic carbocycles. The van der Waals surface area contributed by atoms with Crippen LogP contribution in [0.25, 0.3) is 0 Å². The number of rotatable bonds is 9. The standard InChI is InChI=1S/C13H25N3O/c1-4-14-8-13-9-15-11-16(13)6-5-7-17-10-12(2)3/h9,11-12,14H,4-8,10H2,1-3H3. The van der Waals surface area contributed by atoms with E-state index in [1.165, 1.54) is 5.69 Å². The van der Waals surface area contributed by atoms with Crippen LogP contribution < -0.4 is 5.32 Å². The second-order valence-electron chi connectivity index (χ2n) is 4.68. The third-order valence-corrected chi connectivity index (χ3v) is 2.49. The SMILES string of the molecule is CCNCc1cncn1CCCOCC(C)C. The molecule has 1 aromatic heterocycles. The number of ether oxygens (including phenoxy) is 1. The summed E-state index contributed by atoms with van der Waals surface area (Å²) in [5.74, 6) is 0.618. The molecule has 0 saturated heterocycles. The fraction of sp³-hybridized carbons (Fsp3) is 0.769. The van der Waals surface area contributed by atoms with E-state index in [4.69, 9.17) is 4.74 Å². The first kappa shape index (κ1) is 14.2. The summed E-state index contributed by atoms with van der Waals surface area (Å²) in [7, 11) is 0. The third-order valence-electron chi connectivity index (χ3n) is 2.49. The van der Waals surface area contributed by atoms with Crippen molar-refractivity contribution < 1.29 is 4.74 Å². The van der Waals surface area contributed by atoms with Gasteiger partial charge in [0.25, 0.3) is 0 Å². The summed E-state index contributed by atoms with van der Waals surface area (Å²) in [6, 6.07) is 0. The molecule has 0 radical (unpaired) electrons. The van der Waals surface area contributed by atoms with E-state index in [0.29, 0.717) is 5.92 Å². The topological polar surface area (TPSA) is 39.1 Å². The molecule has 0 saturated carbocycles. The maximum atomic E-state index is 5.57. The van der Waals surface area contributed by atoms with Gasteiger partial charge in [-0.15, -0.1) is 0 Å². The Labute approximate surface area is 104 Å². The second kappa shape index (κ2) is 8.25. The van der Waals surface area contributed by atoms with Crippen molar-refractivity contribution in [1.82, 2.24) is 14.9 Å². The maximum Gasteiger partial charge on any atom is 0.0948 e. The molecule has 1 N–H and O–H groups in total.